The zero-order valence-electron chi connectivity index (χ0n) is 14.0. The number of hydrogen-bond donors (Lipinski definition) is 1. The maximum absolute atomic E-state index is 12.6. The van der Waals surface area contributed by atoms with E-state index in [2.05, 4.69) is 6.92 Å². The second kappa shape index (κ2) is 7.49. The minimum Gasteiger partial charge on any atom is -0.489 e. The summed E-state index contributed by atoms with van der Waals surface area (Å²) in [6.45, 7) is 4.09. The van der Waals surface area contributed by atoms with E-state index in [0.29, 0.717) is 18.1 Å². The van der Waals surface area contributed by atoms with Gasteiger partial charge in [0.2, 0.25) is 0 Å². The lowest BCUT2D eigenvalue weighted by atomic mass is 9.94. The SMILES string of the molecule is CC1CN(C(=O)c2ccc(OCc3ccccc3)cc2)CCC1N. The van der Waals surface area contributed by atoms with Crippen LogP contribution in [0.4, 0.5) is 0 Å². The van der Waals surface area contributed by atoms with Crippen molar-refractivity contribution >= 4 is 5.91 Å². The van der Waals surface area contributed by atoms with Crippen LogP contribution in [0.1, 0.15) is 29.3 Å². The number of amides is 1. The summed E-state index contributed by atoms with van der Waals surface area (Å²) in [6, 6.07) is 17.6. The number of nitrogens with two attached hydrogens (primary N) is 1. The molecule has 4 heteroatoms. The van der Waals surface area contributed by atoms with E-state index < -0.39 is 0 Å². The Morgan fingerprint density at radius 1 is 1.17 bits per heavy atom. The molecule has 2 atom stereocenters. The van der Waals surface area contributed by atoms with Crippen molar-refractivity contribution in [1.29, 1.82) is 0 Å². The van der Waals surface area contributed by atoms with Gasteiger partial charge in [0.1, 0.15) is 12.4 Å². The van der Waals surface area contributed by atoms with Gasteiger partial charge in [-0.2, -0.15) is 0 Å². The number of carbonyl (C=O) groups excluding carboxylic acids is 1. The van der Waals surface area contributed by atoms with E-state index >= 15 is 0 Å². The monoisotopic (exact) mass is 324 g/mol. The first-order valence-electron chi connectivity index (χ1n) is 8.45. The minimum absolute atomic E-state index is 0.0726. The van der Waals surface area contributed by atoms with E-state index in [-0.39, 0.29) is 11.9 Å². The molecule has 1 aliphatic heterocycles. The molecule has 3 rings (SSSR count). The Labute approximate surface area is 143 Å². The molecule has 0 saturated carbocycles. The molecule has 2 aromatic rings. The Balaban J connectivity index is 1.59. The molecule has 2 unspecified atom stereocenters. The summed E-state index contributed by atoms with van der Waals surface area (Å²) in [5.74, 6) is 1.18. The molecule has 4 nitrogen and oxygen atoms in total. The van der Waals surface area contributed by atoms with Crippen molar-refractivity contribution in [3.8, 4) is 5.75 Å². The van der Waals surface area contributed by atoms with E-state index in [0.717, 1.165) is 30.8 Å². The summed E-state index contributed by atoms with van der Waals surface area (Å²) < 4.78 is 5.76. The van der Waals surface area contributed by atoms with Crippen molar-refractivity contribution in [2.45, 2.75) is 26.0 Å². The Hall–Kier alpha value is -2.33. The number of hydrogen-bond acceptors (Lipinski definition) is 3. The largest absolute Gasteiger partial charge is 0.489 e. The molecule has 1 fully saturated rings. The van der Waals surface area contributed by atoms with E-state index in [1.165, 1.54) is 0 Å². The van der Waals surface area contributed by atoms with Crippen LogP contribution in [0.2, 0.25) is 0 Å². The Bertz CT molecular complexity index is 670. The highest BCUT2D eigenvalue weighted by molar-refractivity contribution is 5.94. The fraction of sp³-hybridized carbons (Fsp3) is 0.350. The normalized spacial score (nSPS) is 20.7. The van der Waals surface area contributed by atoms with Crippen molar-refractivity contribution in [1.82, 2.24) is 4.90 Å². The highest BCUT2D eigenvalue weighted by atomic mass is 16.5. The zero-order chi connectivity index (χ0) is 16.9. The van der Waals surface area contributed by atoms with Gasteiger partial charge >= 0.3 is 0 Å². The maximum atomic E-state index is 12.6. The number of carbonyl (C=O) groups is 1. The Morgan fingerprint density at radius 3 is 2.54 bits per heavy atom. The van der Waals surface area contributed by atoms with Crippen LogP contribution in [-0.4, -0.2) is 29.9 Å². The zero-order valence-corrected chi connectivity index (χ0v) is 14.0. The van der Waals surface area contributed by atoms with E-state index in [1.807, 2.05) is 59.5 Å². The first-order chi connectivity index (χ1) is 11.6. The van der Waals surface area contributed by atoms with Crippen LogP contribution in [0.25, 0.3) is 0 Å². The molecule has 1 aliphatic rings. The molecule has 1 amide bonds. The second-order valence-electron chi connectivity index (χ2n) is 6.48. The number of nitrogens with zero attached hydrogens (tertiary/aromatic N) is 1. The lowest BCUT2D eigenvalue weighted by Crippen LogP contribution is -2.48. The van der Waals surface area contributed by atoms with Crippen molar-refractivity contribution < 1.29 is 9.53 Å². The number of benzene rings is 2. The maximum Gasteiger partial charge on any atom is 0.253 e. The predicted molar refractivity (Wildman–Crippen MR) is 94.9 cm³/mol. The van der Waals surface area contributed by atoms with Gasteiger partial charge in [0.25, 0.3) is 5.91 Å². The van der Waals surface area contributed by atoms with Gasteiger partial charge in [0.15, 0.2) is 0 Å². The summed E-state index contributed by atoms with van der Waals surface area (Å²) in [6.07, 6.45) is 0.866. The molecule has 2 aromatic carbocycles. The van der Waals surface area contributed by atoms with E-state index in [9.17, 15) is 4.79 Å². The van der Waals surface area contributed by atoms with Gasteiger partial charge in [-0.15, -0.1) is 0 Å². The molecule has 24 heavy (non-hydrogen) atoms. The third-order valence-electron chi connectivity index (χ3n) is 4.61. The van der Waals surface area contributed by atoms with Crippen LogP contribution in [-0.2, 0) is 6.61 Å². The van der Waals surface area contributed by atoms with Crippen molar-refractivity contribution in [3.05, 3.63) is 65.7 Å². The molecule has 1 heterocycles. The topological polar surface area (TPSA) is 55.6 Å². The van der Waals surface area contributed by atoms with Gasteiger partial charge in [-0.25, -0.2) is 0 Å². The first kappa shape index (κ1) is 16.5. The fourth-order valence-corrected chi connectivity index (χ4v) is 2.97. The molecule has 1 saturated heterocycles. The molecule has 0 aliphatic carbocycles. The Morgan fingerprint density at radius 2 is 1.88 bits per heavy atom. The van der Waals surface area contributed by atoms with Crippen LogP contribution < -0.4 is 10.5 Å². The van der Waals surface area contributed by atoms with E-state index in [1.54, 1.807) is 0 Å². The van der Waals surface area contributed by atoms with Crippen molar-refractivity contribution in [2.24, 2.45) is 11.7 Å². The van der Waals surface area contributed by atoms with Gasteiger partial charge in [-0.3, -0.25) is 4.79 Å². The smallest absolute Gasteiger partial charge is 0.253 e. The number of piperidine rings is 1. The predicted octanol–water partition coefficient (Wildman–Crippen LogP) is 3.07. The minimum atomic E-state index is 0.0726. The van der Waals surface area contributed by atoms with Crippen LogP contribution in [0, 0.1) is 5.92 Å². The van der Waals surface area contributed by atoms with Crippen LogP contribution in [0.3, 0.4) is 0 Å². The van der Waals surface area contributed by atoms with Crippen molar-refractivity contribution in [3.63, 3.8) is 0 Å². The number of rotatable bonds is 4. The lowest BCUT2D eigenvalue weighted by molar-refractivity contribution is 0.0664. The summed E-state index contributed by atoms with van der Waals surface area (Å²) in [5.41, 5.74) is 7.85. The van der Waals surface area contributed by atoms with Gasteiger partial charge in [-0.05, 0) is 42.2 Å². The average molecular weight is 324 g/mol. The summed E-state index contributed by atoms with van der Waals surface area (Å²) in [4.78, 5) is 14.5. The van der Waals surface area contributed by atoms with Gasteiger partial charge in [0, 0.05) is 24.7 Å². The van der Waals surface area contributed by atoms with Crippen LogP contribution >= 0.6 is 0 Å². The number of ether oxygens (including phenoxy) is 1. The summed E-state index contributed by atoms with van der Waals surface area (Å²) in [5, 5.41) is 0. The molecule has 0 bridgehead atoms. The number of likely N-dealkylation sites (tertiary alicyclic amines) is 1. The second-order valence-corrected chi connectivity index (χ2v) is 6.48. The third kappa shape index (κ3) is 3.95. The first-order valence-corrected chi connectivity index (χ1v) is 8.45. The molecule has 2 N–H and O–H groups in total. The molecule has 126 valence electrons. The standard InChI is InChI=1S/C20H24N2O2/c1-15-13-22(12-11-19(15)21)20(23)17-7-9-18(10-8-17)24-14-16-5-3-2-4-6-16/h2-10,15,19H,11-14,21H2,1H3. The molecule has 0 aromatic heterocycles. The van der Waals surface area contributed by atoms with Gasteiger partial charge in [-0.1, -0.05) is 37.3 Å². The Kier molecular flexibility index (Phi) is 5.16. The molecule has 0 radical (unpaired) electrons. The highest BCUT2D eigenvalue weighted by Gasteiger charge is 2.26. The van der Waals surface area contributed by atoms with Gasteiger partial charge in [0.05, 0.1) is 0 Å². The van der Waals surface area contributed by atoms with E-state index in [4.69, 9.17) is 10.5 Å². The summed E-state index contributed by atoms with van der Waals surface area (Å²) >= 11 is 0. The lowest BCUT2D eigenvalue weighted by Gasteiger charge is -2.35. The summed E-state index contributed by atoms with van der Waals surface area (Å²) in [7, 11) is 0. The van der Waals surface area contributed by atoms with Crippen LogP contribution in [0.5, 0.6) is 5.75 Å². The van der Waals surface area contributed by atoms with Crippen LogP contribution in [0.15, 0.2) is 54.6 Å². The molecular formula is C20H24N2O2. The fourth-order valence-electron chi connectivity index (χ4n) is 2.97. The average Bonchev–Trinajstić information content (AvgIpc) is 2.63. The third-order valence-corrected chi connectivity index (χ3v) is 4.61. The quantitative estimate of drug-likeness (QED) is 0.940. The van der Waals surface area contributed by atoms with Gasteiger partial charge < -0.3 is 15.4 Å². The highest BCUT2D eigenvalue weighted by Crippen LogP contribution is 2.19. The molecule has 0 spiro atoms. The van der Waals surface area contributed by atoms with Crippen molar-refractivity contribution in [2.75, 3.05) is 13.1 Å². The molecular weight excluding hydrogens is 300 g/mol.